The van der Waals surface area contributed by atoms with Crippen LogP contribution in [0.1, 0.15) is 37.7 Å². The standard InChI is InChI=1S/C23H34F3N7O2/c1-31-6-8-33(9-7-31)22-14-21(15-22,16-22)30-20-28-13-17(23(24,25)26)19(29-20)27-4-2-5-32-10-12-35-11-3-18(32)34/h13H,2-12,14-16H2,1H3,(H2,27,28,29,30). The number of halogens is 3. The Balaban J connectivity index is 1.17. The van der Waals surface area contributed by atoms with Crippen LogP contribution in [0.3, 0.4) is 0 Å². The summed E-state index contributed by atoms with van der Waals surface area (Å²) in [6.45, 7) is 6.39. The second-order valence-electron chi connectivity index (χ2n) is 10.4. The summed E-state index contributed by atoms with van der Waals surface area (Å²) in [5.74, 6) is 0.0211. The number of likely N-dealkylation sites (N-methyl/N-ethyl adjacent to an activating group) is 1. The molecule has 12 heteroatoms. The number of hydrogen-bond acceptors (Lipinski definition) is 8. The Morgan fingerprint density at radius 1 is 1.11 bits per heavy atom. The molecule has 9 nitrogen and oxygen atoms in total. The Morgan fingerprint density at radius 2 is 1.86 bits per heavy atom. The van der Waals surface area contributed by atoms with E-state index in [1.807, 2.05) is 0 Å². The van der Waals surface area contributed by atoms with Crippen LogP contribution in [0.2, 0.25) is 0 Å². The molecule has 2 bridgehead atoms. The van der Waals surface area contributed by atoms with Crippen LogP contribution < -0.4 is 10.6 Å². The Kier molecular flexibility index (Phi) is 6.56. The van der Waals surface area contributed by atoms with Gasteiger partial charge in [0.2, 0.25) is 11.9 Å². The van der Waals surface area contributed by atoms with Crippen molar-refractivity contribution in [1.29, 1.82) is 0 Å². The summed E-state index contributed by atoms with van der Waals surface area (Å²) in [5.41, 5.74) is -0.763. The van der Waals surface area contributed by atoms with Crippen molar-refractivity contribution in [2.75, 3.05) is 76.7 Å². The first-order valence-electron chi connectivity index (χ1n) is 12.4. The molecule has 3 heterocycles. The smallest absolute Gasteiger partial charge is 0.379 e. The first-order chi connectivity index (χ1) is 16.7. The highest BCUT2D eigenvalue weighted by molar-refractivity contribution is 5.76. The molecule has 194 valence electrons. The number of ether oxygens (including phenoxy) is 1. The predicted molar refractivity (Wildman–Crippen MR) is 124 cm³/mol. The molecule has 1 amide bonds. The molecule has 2 N–H and O–H groups in total. The molecular weight excluding hydrogens is 463 g/mol. The Morgan fingerprint density at radius 3 is 2.57 bits per heavy atom. The van der Waals surface area contributed by atoms with Gasteiger partial charge in [0.05, 0.1) is 19.6 Å². The molecule has 0 radical (unpaired) electrons. The zero-order chi connectivity index (χ0) is 24.7. The summed E-state index contributed by atoms with van der Waals surface area (Å²) in [6.07, 6.45) is 0.0762. The third-order valence-electron chi connectivity index (χ3n) is 7.86. The van der Waals surface area contributed by atoms with E-state index in [2.05, 4.69) is 37.4 Å². The molecule has 0 unspecified atom stereocenters. The second kappa shape index (κ2) is 9.36. The molecule has 0 atom stereocenters. The molecule has 0 spiro atoms. The maximum Gasteiger partial charge on any atom is 0.421 e. The molecule has 5 aliphatic rings. The number of piperazine rings is 1. The highest BCUT2D eigenvalue weighted by Crippen LogP contribution is 2.64. The molecule has 1 aromatic rings. The molecule has 5 fully saturated rings. The summed E-state index contributed by atoms with van der Waals surface area (Å²) in [5, 5.41) is 6.17. The average molecular weight is 498 g/mol. The number of aromatic nitrogens is 2. The molecule has 3 aliphatic carbocycles. The van der Waals surface area contributed by atoms with E-state index >= 15 is 0 Å². The van der Waals surface area contributed by atoms with Gasteiger partial charge in [-0.2, -0.15) is 18.2 Å². The van der Waals surface area contributed by atoms with Crippen molar-refractivity contribution in [3.8, 4) is 0 Å². The maximum absolute atomic E-state index is 13.6. The van der Waals surface area contributed by atoms with Gasteiger partial charge in [-0.25, -0.2) is 4.98 Å². The quantitative estimate of drug-likeness (QED) is 0.527. The van der Waals surface area contributed by atoms with Crippen molar-refractivity contribution in [1.82, 2.24) is 24.7 Å². The van der Waals surface area contributed by atoms with E-state index in [-0.39, 0.29) is 35.3 Å². The predicted octanol–water partition coefficient (Wildman–Crippen LogP) is 1.88. The molecule has 35 heavy (non-hydrogen) atoms. The summed E-state index contributed by atoms with van der Waals surface area (Å²) in [7, 11) is 2.14. The van der Waals surface area contributed by atoms with Crippen molar-refractivity contribution in [2.24, 2.45) is 0 Å². The largest absolute Gasteiger partial charge is 0.421 e. The fourth-order valence-electron chi connectivity index (χ4n) is 5.94. The molecule has 1 aromatic heterocycles. The van der Waals surface area contributed by atoms with Gasteiger partial charge in [0.15, 0.2) is 0 Å². The van der Waals surface area contributed by atoms with Gasteiger partial charge in [-0.05, 0) is 32.7 Å². The highest BCUT2D eigenvalue weighted by atomic mass is 19.4. The lowest BCUT2D eigenvalue weighted by atomic mass is 9.43. The molecular formula is C23H34F3N7O2. The minimum absolute atomic E-state index is 0.0138. The number of carbonyl (C=O) groups is 1. The van der Waals surface area contributed by atoms with Crippen LogP contribution in [0.15, 0.2) is 6.20 Å². The first-order valence-corrected chi connectivity index (χ1v) is 12.4. The van der Waals surface area contributed by atoms with Crippen molar-refractivity contribution < 1.29 is 22.7 Å². The van der Waals surface area contributed by atoms with Crippen LogP contribution in [-0.4, -0.2) is 108 Å². The SMILES string of the molecule is CN1CCN(C23CC(Nc4ncc(C(F)(F)F)c(NCCCN5CCOCCC5=O)n4)(C2)C3)CC1. The number of hydrogen-bond donors (Lipinski definition) is 2. The van der Waals surface area contributed by atoms with E-state index in [1.165, 1.54) is 0 Å². The number of nitrogens with one attached hydrogen (secondary N) is 2. The highest BCUT2D eigenvalue weighted by Gasteiger charge is 2.70. The third-order valence-corrected chi connectivity index (χ3v) is 7.86. The number of amides is 1. The normalized spacial score (nSPS) is 29.8. The van der Waals surface area contributed by atoms with Crippen LogP contribution in [0.25, 0.3) is 0 Å². The van der Waals surface area contributed by atoms with Gasteiger partial charge in [0, 0.05) is 63.1 Å². The fraction of sp³-hybridized carbons (Fsp3) is 0.783. The number of rotatable bonds is 8. The Hall–Kier alpha value is -2.18. The van der Waals surface area contributed by atoms with E-state index in [4.69, 9.17) is 4.74 Å². The lowest BCUT2D eigenvalue weighted by molar-refractivity contribution is -0.160. The van der Waals surface area contributed by atoms with Crippen LogP contribution in [0, 0.1) is 0 Å². The number of alkyl halides is 3. The van der Waals surface area contributed by atoms with Gasteiger partial charge in [0.25, 0.3) is 0 Å². The molecule has 0 aromatic carbocycles. The van der Waals surface area contributed by atoms with Gasteiger partial charge in [0.1, 0.15) is 11.4 Å². The Labute approximate surface area is 203 Å². The van der Waals surface area contributed by atoms with Crippen LogP contribution >= 0.6 is 0 Å². The number of carbonyl (C=O) groups excluding carboxylic acids is 1. The van der Waals surface area contributed by atoms with Crippen molar-refractivity contribution >= 4 is 17.7 Å². The van der Waals surface area contributed by atoms with Crippen LogP contribution in [0.4, 0.5) is 24.9 Å². The molecule has 2 aliphatic heterocycles. The zero-order valence-corrected chi connectivity index (χ0v) is 20.2. The van der Waals surface area contributed by atoms with E-state index in [0.29, 0.717) is 39.1 Å². The Bertz CT molecular complexity index is 916. The number of nitrogens with zero attached hydrogens (tertiary/aromatic N) is 5. The van der Waals surface area contributed by atoms with Gasteiger partial charge >= 0.3 is 6.18 Å². The second-order valence-corrected chi connectivity index (χ2v) is 10.4. The summed E-state index contributed by atoms with van der Waals surface area (Å²) >= 11 is 0. The molecule has 3 saturated carbocycles. The van der Waals surface area contributed by atoms with E-state index in [9.17, 15) is 18.0 Å². The molecule has 6 rings (SSSR count). The van der Waals surface area contributed by atoms with Gasteiger partial charge in [-0.1, -0.05) is 0 Å². The minimum atomic E-state index is -4.55. The lowest BCUT2D eigenvalue weighted by Gasteiger charge is -2.74. The monoisotopic (exact) mass is 497 g/mol. The summed E-state index contributed by atoms with van der Waals surface area (Å²) < 4.78 is 46.0. The van der Waals surface area contributed by atoms with Crippen molar-refractivity contribution in [3.05, 3.63) is 11.8 Å². The summed E-state index contributed by atoms with van der Waals surface area (Å²) in [6, 6.07) is 0. The van der Waals surface area contributed by atoms with Gasteiger partial charge in [-0.3, -0.25) is 9.69 Å². The lowest BCUT2D eigenvalue weighted by Crippen LogP contribution is -2.82. The van der Waals surface area contributed by atoms with Crippen LogP contribution in [-0.2, 0) is 15.7 Å². The van der Waals surface area contributed by atoms with Gasteiger partial charge < -0.3 is 25.2 Å². The first kappa shape index (κ1) is 24.5. The van der Waals surface area contributed by atoms with Crippen molar-refractivity contribution in [3.63, 3.8) is 0 Å². The number of anilines is 2. The zero-order valence-electron chi connectivity index (χ0n) is 20.2. The maximum atomic E-state index is 13.6. The van der Waals surface area contributed by atoms with E-state index < -0.39 is 11.7 Å². The molecule has 2 saturated heterocycles. The van der Waals surface area contributed by atoms with Gasteiger partial charge in [-0.15, -0.1) is 0 Å². The van der Waals surface area contributed by atoms with E-state index in [1.54, 1.807) is 4.90 Å². The topological polar surface area (TPSA) is 85.9 Å². The van der Waals surface area contributed by atoms with Crippen LogP contribution in [0.5, 0.6) is 0 Å². The third kappa shape index (κ3) is 5.05. The average Bonchev–Trinajstić information content (AvgIpc) is 2.97. The summed E-state index contributed by atoms with van der Waals surface area (Å²) in [4.78, 5) is 26.9. The minimum Gasteiger partial charge on any atom is -0.379 e. The van der Waals surface area contributed by atoms with E-state index in [0.717, 1.165) is 51.6 Å². The van der Waals surface area contributed by atoms with Crippen molar-refractivity contribution in [2.45, 2.75) is 49.4 Å². The fourth-order valence-corrected chi connectivity index (χ4v) is 5.94.